The molecule has 5 rings (SSSR count). The van der Waals surface area contributed by atoms with Crippen molar-refractivity contribution in [3.8, 4) is 11.8 Å². The van der Waals surface area contributed by atoms with Gasteiger partial charge in [-0.25, -0.2) is 0 Å². The Morgan fingerprint density at radius 2 is 1.55 bits per heavy atom. The molecule has 0 N–H and O–H groups in total. The van der Waals surface area contributed by atoms with Crippen LogP contribution in [0.1, 0.15) is 11.1 Å². The lowest BCUT2D eigenvalue weighted by Gasteiger charge is -2.36. The summed E-state index contributed by atoms with van der Waals surface area (Å²) < 4.78 is 8.12. The summed E-state index contributed by atoms with van der Waals surface area (Å²) in [6.07, 6.45) is 1.69. The van der Waals surface area contributed by atoms with Crippen molar-refractivity contribution >= 4 is 73.6 Å². The third-order valence-corrected chi connectivity index (χ3v) is 8.23. The predicted octanol–water partition coefficient (Wildman–Crippen LogP) is 6.88. The van der Waals surface area contributed by atoms with Crippen molar-refractivity contribution < 1.29 is 9.53 Å². The third-order valence-electron chi connectivity index (χ3n) is 6.62. The topological polar surface area (TPSA) is 56.6 Å². The van der Waals surface area contributed by atoms with Crippen LogP contribution in [0.2, 0.25) is 0 Å². The smallest absolute Gasteiger partial charge is 0.264 e. The first-order chi connectivity index (χ1) is 18.5. The van der Waals surface area contributed by atoms with Crippen LogP contribution < -0.4 is 9.64 Å². The van der Waals surface area contributed by atoms with Gasteiger partial charge < -0.3 is 14.5 Å². The van der Waals surface area contributed by atoms with E-state index in [4.69, 9.17) is 4.74 Å². The number of nitrogens with zero attached hydrogens (tertiary/aromatic N) is 3. The zero-order valence-corrected chi connectivity index (χ0v) is 24.9. The quantitative estimate of drug-likeness (QED) is 0.124. The van der Waals surface area contributed by atoms with Gasteiger partial charge in [-0.05, 0) is 97.4 Å². The van der Waals surface area contributed by atoms with Gasteiger partial charge >= 0.3 is 0 Å². The molecule has 0 bridgehead atoms. The number of piperazine rings is 1. The van der Waals surface area contributed by atoms with Crippen molar-refractivity contribution in [2.75, 3.05) is 31.1 Å². The maximum atomic E-state index is 13.2. The van der Waals surface area contributed by atoms with Crippen LogP contribution in [-0.2, 0) is 11.4 Å². The minimum atomic E-state index is -0.221. The molecule has 1 heterocycles. The number of ether oxygens (including phenoxy) is 1. The average Bonchev–Trinajstić information content (AvgIpc) is 2.96. The number of halogens is 2. The molecule has 1 aliphatic rings. The fourth-order valence-corrected chi connectivity index (χ4v) is 6.78. The highest BCUT2D eigenvalue weighted by atomic mass is 127. The molecule has 38 heavy (non-hydrogen) atoms. The summed E-state index contributed by atoms with van der Waals surface area (Å²) in [4.78, 5) is 17.2. The van der Waals surface area contributed by atoms with Gasteiger partial charge in [-0.15, -0.1) is 0 Å². The van der Waals surface area contributed by atoms with Crippen LogP contribution in [0.15, 0.2) is 90.5 Å². The van der Waals surface area contributed by atoms with Crippen molar-refractivity contribution in [1.29, 1.82) is 5.26 Å². The maximum absolute atomic E-state index is 13.2. The fraction of sp³-hybridized carbons (Fsp3) is 0.161. The molecular weight excluding hydrogens is 700 g/mol. The fourth-order valence-electron chi connectivity index (χ4n) is 4.65. The van der Waals surface area contributed by atoms with Crippen LogP contribution >= 0.6 is 45.2 Å². The van der Waals surface area contributed by atoms with Crippen molar-refractivity contribution in [3.63, 3.8) is 0 Å². The zero-order chi connectivity index (χ0) is 26.5. The van der Waals surface area contributed by atoms with Crippen LogP contribution in [0.25, 0.3) is 16.8 Å². The monoisotopic (exact) mass is 725 g/mol. The molecule has 0 atom stereocenters. The van der Waals surface area contributed by atoms with Crippen LogP contribution in [0.3, 0.4) is 0 Å². The highest BCUT2D eigenvalue weighted by Crippen LogP contribution is 2.31. The number of carbonyl (C=O) groups excluding carboxylic acids is 1. The Balaban J connectivity index is 1.28. The number of hydrogen-bond donors (Lipinski definition) is 0. The Bertz CT molecular complexity index is 1510. The van der Waals surface area contributed by atoms with Crippen LogP contribution in [0.4, 0.5) is 5.69 Å². The molecular formula is C31H25I2N3O2. The van der Waals surface area contributed by atoms with Gasteiger partial charge in [-0.1, -0.05) is 60.7 Å². The molecule has 7 heteroatoms. The molecule has 4 aromatic carbocycles. The first-order valence-corrected chi connectivity index (χ1v) is 14.5. The third kappa shape index (κ3) is 5.97. The van der Waals surface area contributed by atoms with Gasteiger partial charge in [0.1, 0.15) is 24.0 Å². The zero-order valence-electron chi connectivity index (χ0n) is 20.6. The summed E-state index contributed by atoms with van der Waals surface area (Å²) >= 11 is 4.51. The maximum Gasteiger partial charge on any atom is 0.264 e. The van der Waals surface area contributed by atoms with Gasteiger partial charge in [-0.2, -0.15) is 5.26 Å². The first kappa shape index (κ1) is 26.5. The second kappa shape index (κ2) is 12.2. The molecule has 1 amide bonds. The lowest BCUT2D eigenvalue weighted by molar-refractivity contribution is -0.126. The van der Waals surface area contributed by atoms with Crippen LogP contribution in [-0.4, -0.2) is 37.0 Å². The van der Waals surface area contributed by atoms with E-state index in [2.05, 4.69) is 92.5 Å². The molecule has 0 spiro atoms. The number of fused-ring (bicyclic) bond motifs is 1. The summed E-state index contributed by atoms with van der Waals surface area (Å²) in [5.41, 5.74) is 3.24. The van der Waals surface area contributed by atoms with Gasteiger partial charge in [0.05, 0.1) is 7.14 Å². The van der Waals surface area contributed by atoms with Crippen LogP contribution in [0.5, 0.6) is 5.75 Å². The van der Waals surface area contributed by atoms with E-state index in [0.29, 0.717) is 19.7 Å². The molecule has 0 unspecified atom stereocenters. The summed E-state index contributed by atoms with van der Waals surface area (Å²) in [5.74, 6) is 0.583. The lowest BCUT2D eigenvalue weighted by Crippen LogP contribution is -2.49. The number of hydrogen-bond acceptors (Lipinski definition) is 4. The Morgan fingerprint density at radius 3 is 2.26 bits per heavy atom. The van der Waals surface area contributed by atoms with E-state index in [0.717, 1.165) is 42.8 Å². The first-order valence-electron chi connectivity index (χ1n) is 12.3. The SMILES string of the molecule is N#C/C(=C/c1cc(I)c(OCc2cccc3ccccc23)c(I)c1)C(=O)N1CCN(c2ccccc2)CC1. The number of amides is 1. The molecule has 1 aliphatic heterocycles. The molecule has 190 valence electrons. The predicted molar refractivity (Wildman–Crippen MR) is 169 cm³/mol. The summed E-state index contributed by atoms with van der Waals surface area (Å²) in [6, 6.07) is 30.8. The molecule has 1 fully saturated rings. The van der Waals surface area contributed by atoms with E-state index < -0.39 is 0 Å². The second-order valence-corrected chi connectivity index (χ2v) is 11.3. The normalized spacial score (nSPS) is 13.9. The Kier molecular flexibility index (Phi) is 8.49. The van der Waals surface area contributed by atoms with E-state index in [-0.39, 0.29) is 11.5 Å². The van der Waals surface area contributed by atoms with Crippen molar-refractivity contribution in [3.05, 3.63) is 109 Å². The standard InChI is InChI=1S/C31H25I2N3O2/c32-28-18-22(19-29(33)30(28)38-21-24-9-6-8-23-7-4-5-12-27(23)24)17-25(20-34)31(37)36-15-13-35(14-16-36)26-10-2-1-3-11-26/h1-12,17-19H,13-16,21H2/b25-17-. The summed E-state index contributed by atoms with van der Waals surface area (Å²) in [6.45, 7) is 3.12. The molecule has 4 aromatic rings. The minimum Gasteiger partial charge on any atom is -0.487 e. The van der Waals surface area contributed by atoms with E-state index >= 15 is 0 Å². The Morgan fingerprint density at radius 1 is 0.895 bits per heavy atom. The Hall–Kier alpha value is -3.10. The number of para-hydroxylation sites is 1. The van der Waals surface area contributed by atoms with Gasteiger partial charge in [0.2, 0.25) is 0 Å². The highest BCUT2D eigenvalue weighted by molar-refractivity contribution is 14.1. The van der Waals surface area contributed by atoms with Gasteiger partial charge in [0.15, 0.2) is 0 Å². The number of benzene rings is 4. The van der Waals surface area contributed by atoms with E-state index in [1.807, 2.05) is 48.5 Å². The molecule has 1 saturated heterocycles. The second-order valence-electron chi connectivity index (χ2n) is 9.03. The van der Waals surface area contributed by atoms with Crippen molar-refractivity contribution in [1.82, 2.24) is 4.90 Å². The molecule has 0 aliphatic carbocycles. The van der Waals surface area contributed by atoms with Crippen LogP contribution in [0, 0.1) is 18.5 Å². The number of rotatable bonds is 6. The van der Waals surface area contributed by atoms with Gasteiger partial charge in [-0.3, -0.25) is 4.79 Å². The Labute approximate surface area is 250 Å². The summed E-state index contributed by atoms with van der Waals surface area (Å²) in [7, 11) is 0. The van der Waals surface area contributed by atoms with Crippen molar-refractivity contribution in [2.45, 2.75) is 6.61 Å². The number of nitriles is 1. The largest absolute Gasteiger partial charge is 0.487 e. The minimum absolute atomic E-state index is 0.147. The van der Waals surface area contributed by atoms with Gasteiger partial charge in [0, 0.05) is 31.9 Å². The average molecular weight is 725 g/mol. The van der Waals surface area contributed by atoms with Gasteiger partial charge in [0.25, 0.3) is 5.91 Å². The van der Waals surface area contributed by atoms with E-state index in [9.17, 15) is 10.1 Å². The summed E-state index contributed by atoms with van der Waals surface area (Å²) in [5, 5.41) is 12.2. The number of anilines is 1. The van der Waals surface area contributed by atoms with E-state index in [1.165, 1.54) is 10.8 Å². The molecule has 0 radical (unpaired) electrons. The number of carbonyl (C=O) groups is 1. The van der Waals surface area contributed by atoms with Crippen molar-refractivity contribution in [2.24, 2.45) is 0 Å². The van der Waals surface area contributed by atoms with E-state index in [1.54, 1.807) is 11.0 Å². The molecule has 0 saturated carbocycles. The lowest BCUT2D eigenvalue weighted by atomic mass is 10.1. The highest BCUT2D eigenvalue weighted by Gasteiger charge is 2.24. The molecule has 5 nitrogen and oxygen atoms in total. The molecule has 0 aromatic heterocycles.